The summed E-state index contributed by atoms with van der Waals surface area (Å²) in [6, 6.07) is 18.7. The Labute approximate surface area is 268 Å². The second-order valence-corrected chi connectivity index (χ2v) is 11.5. The molecule has 7 nitrogen and oxygen atoms in total. The van der Waals surface area contributed by atoms with Crippen LogP contribution in [0.3, 0.4) is 0 Å². The predicted molar refractivity (Wildman–Crippen MR) is 184 cm³/mol. The van der Waals surface area contributed by atoms with Gasteiger partial charge >= 0.3 is 0 Å². The predicted octanol–water partition coefficient (Wildman–Crippen LogP) is 7.45. The van der Waals surface area contributed by atoms with Crippen molar-refractivity contribution in [1.29, 1.82) is 0 Å². The monoisotopic (exact) mass is 628 g/mol. The fourth-order valence-electron chi connectivity index (χ4n) is 4.24. The second-order valence-electron chi connectivity index (χ2n) is 9.77. The van der Waals surface area contributed by atoms with Gasteiger partial charge in [0, 0.05) is 35.0 Å². The zero-order valence-corrected chi connectivity index (χ0v) is 27.4. The number of ether oxygens (including phenoxy) is 1. The molecule has 1 amide bonds. The molecular weight excluding hydrogens is 589 g/mol. The van der Waals surface area contributed by atoms with Crippen molar-refractivity contribution >= 4 is 44.5 Å². The van der Waals surface area contributed by atoms with Gasteiger partial charge in [0.15, 0.2) is 0 Å². The molecule has 6 rings (SSSR count). The first kappa shape index (κ1) is 34.3. The molecule has 5 aromatic rings. The number of carbonyl (C=O) groups is 2. The summed E-state index contributed by atoms with van der Waals surface area (Å²) in [5.41, 5.74) is 6.85. The van der Waals surface area contributed by atoms with Crippen molar-refractivity contribution in [3.63, 3.8) is 0 Å². The number of H-pyrrole nitrogens is 1. The highest BCUT2D eigenvalue weighted by Crippen LogP contribution is 2.40. The molecule has 0 saturated carbocycles. The third-order valence-electron chi connectivity index (χ3n) is 6.29. The number of rotatable bonds is 5. The van der Waals surface area contributed by atoms with Gasteiger partial charge in [0.05, 0.1) is 46.8 Å². The maximum atomic E-state index is 11.1. The highest BCUT2D eigenvalue weighted by Gasteiger charge is 2.16. The molecule has 0 bridgehead atoms. The van der Waals surface area contributed by atoms with Crippen LogP contribution in [0.25, 0.3) is 31.8 Å². The van der Waals surface area contributed by atoms with Crippen LogP contribution in [0.5, 0.6) is 0 Å². The first-order chi connectivity index (χ1) is 21.6. The van der Waals surface area contributed by atoms with Crippen LogP contribution in [0.1, 0.15) is 44.2 Å². The summed E-state index contributed by atoms with van der Waals surface area (Å²) in [4.78, 5) is 29.2. The number of aromatic nitrogens is 2. The highest BCUT2D eigenvalue weighted by atomic mass is 32.1. The number of amides is 1. The Morgan fingerprint density at radius 2 is 1.64 bits per heavy atom. The summed E-state index contributed by atoms with van der Waals surface area (Å²) in [6.07, 6.45) is 7.15. The van der Waals surface area contributed by atoms with E-state index in [1.165, 1.54) is 46.9 Å². The minimum Gasteiger partial charge on any atom is -0.471 e. The van der Waals surface area contributed by atoms with E-state index in [0.29, 0.717) is 13.0 Å². The van der Waals surface area contributed by atoms with E-state index in [1.54, 1.807) is 36.0 Å². The van der Waals surface area contributed by atoms with Crippen LogP contribution < -0.4 is 5.32 Å². The molecule has 0 aliphatic carbocycles. The van der Waals surface area contributed by atoms with E-state index in [2.05, 4.69) is 80.7 Å². The van der Waals surface area contributed by atoms with E-state index < -0.39 is 0 Å². The fraction of sp³-hybridized carbons (Fsp3) is 0.286. The molecule has 1 aliphatic heterocycles. The lowest BCUT2D eigenvalue weighted by atomic mass is 10.1. The Kier molecular flexibility index (Phi) is 14.9. The maximum absolute atomic E-state index is 11.1. The molecule has 1 aliphatic rings. The Morgan fingerprint density at radius 3 is 2.23 bits per heavy atom. The summed E-state index contributed by atoms with van der Waals surface area (Å²) in [5.74, 6) is 6.84. The van der Waals surface area contributed by atoms with Crippen LogP contribution in [-0.4, -0.2) is 61.0 Å². The number of methoxy groups -OCH3 is 1. The molecule has 2 N–H and O–H groups in total. The molecule has 230 valence electrons. The van der Waals surface area contributed by atoms with E-state index in [1.807, 2.05) is 41.4 Å². The van der Waals surface area contributed by atoms with Crippen molar-refractivity contribution in [1.82, 2.24) is 20.2 Å². The molecule has 0 spiro atoms. The van der Waals surface area contributed by atoms with Crippen LogP contribution in [0.4, 0.5) is 0 Å². The van der Waals surface area contributed by atoms with Gasteiger partial charge in [-0.3, -0.25) is 9.59 Å². The second kappa shape index (κ2) is 19.1. The van der Waals surface area contributed by atoms with Crippen LogP contribution in [0.2, 0.25) is 0 Å². The standard InChI is InChI=1S/C23H14N2S2.C7H14N2O.C3H8.C2H4O2/c1-2-4-16(5-3-1)6-7-19-13-26-23-20(14-27-22(19)23)17-8-10-18(11-9-17)21-12-24-15-25-21;1-8-6-7(10)9-4-2-3-5-9;1-3-2;1-4-2-3/h1-5,8-15H,(H,24,25);8H,2-6H2,1H3;3H2,1-2H3;2H,1H3. The largest absolute Gasteiger partial charge is 0.471 e. The fourth-order valence-corrected chi connectivity index (χ4v) is 6.56. The molecule has 0 unspecified atom stereocenters. The van der Waals surface area contributed by atoms with Gasteiger partial charge in [-0.15, -0.1) is 22.7 Å². The van der Waals surface area contributed by atoms with E-state index in [4.69, 9.17) is 4.79 Å². The van der Waals surface area contributed by atoms with Gasteiger partial charge in [-0.2, -0.15) is 0 Å². The number of benzene rings is 2. The van der Waals surface area contributed by atoms with Crippen molar-refractivity contribution in [2.75, 3.05) is 33.8 Å². The van der Waals surface area contributed by atoms with Crippen LogP contribution in [0.15, 0.2) is 77.9 Å². The number of hydrogen-bond donors (Lipinski definition) is 2. The Bertz CT molecular complexity index is 1590. The van der Waals surface area contributed by atoms with Gasteiger partial charge in [0.1, 0.15) is 0 Å². The molecule has 0 atom stereocenters. The molecule has 0 radical (unpaired) electrons. The summed E-state index contributed by atoms with van der Waals surface area (Å²) in [7, 11) is 3.11. The molecular formula is C35H40N4O3S2. The van der Waals surface area contributed by atoms with E-state index >= 15 is 0 Å². The van der Waals surface area contributed by atoms with E-state index in [9.17, 15) is 4.79 Å². The number of likely N-dealkylation sites (N-methyl/N-ethyl adjacent to an activating group) is 1. The summed E-state index contributed by atoms with van der Waals surface area (Å²) < 4.78 is 6.45. The third-order valence-corrected chi connectivity index (χ3v) is 8.44. The highest BCUT2D eigenvalue weighted by molar-refractivity contribution is 7.27. The summed E-state index contributed by atoms with van der Waals surface area (Å²) >= 11 is 3.54. The molecule has 4 heterocycles. The lowest BCUT2D eigenvalue weighted by molar-refractivity contribution is -0.129. The van der Waals surface area contributed by atoms with E-state index in [0.717, 1.165) is 35.5 Å². The molecule has 1 saturated heterocycles. The van der Waals surface area contributed by atoms with Crippen molar-refractivity contribution < 1.29 is 14.3 Å². The molecule has 2 aromatic carbocycles. The average molecular weight is 629 g/mol. The number of fused-ring (bicyclic) bond motifs is 1. The number of hydrogen-bond acceptors (Lipinski definition) is 7. The van der Waals surface area contributed by atoms with Crippen LogP contribution in [0, 0.1) is 11.8 Å². The van der Waals surface area contributed by atoms with E-state index in [-0.39, 0.29) is 5.91 Å². The number of thiophene rings is 2. The first-order valence-electron chi connectivity index (χ1n) is 14.6. The maximum Gasteiger partial charge on any atom is 0.292 e. The smallest absolute Gasteiger partial charge is 0.292 e. The lowest BCUT2D eigenvalue weighted by Gasteiger charge is -2.13. The SMILES string of the molecule is C(#Cc1csc2c(-c3ccc(-c4cnc[nH]4)cc3)csc12)c1ccccc1.CCC.CNCC(=O)N1CCCC1.COC=O. The third kappa shape index (κ3) is 10.2. The van der Waals surface area contributed by atoms with Crippen molar-refractivity contribution in [2.45, 2.75) is 33.1 Å². The number of nitrogens with one attached hydrogen (secondary N) is 2. The van der Waals surface area contributed by atoms with Gasteiger partial charge in [0.2, 0.25) is 5.91 Å². The lowest BCUT2D eigenvalue weighted by Crippen LogP contribution is -2.34. The average Bonchev–Trinajstić information content (AvgIpc) is 3.88. The number of imidazole rings is 1. The Hall–Kier alpha value is -4.23. The van der Waals surface area contributed by atoms with Gasteiger partial charge < -0.3 is 19.9 Å². The zero-order valence-electron chi connectivity index (χ0n) is 25.8. The van der Waals surface area contributed by atoms with Crippen molar-refractivity contribution in [3.05, 3.63) is 89.0 Å². The number of nitrogens with zero attached hydrogens (tertiary/aromatic N) is 2. The quantitative estimate of drug-likeness (QED) is 0.156. The van der Waals surface area contributed by atoms with Gasteiger partial charge in [0.25, 0.3) is 6.47 Å². The normalized spacial score (nSPS) is 11.5. The van der Waals surface area contributed by atoms with Crippen molar-refractivity contribution in [3.8, 4) is 34.2 Å². The Balaban J connectivity index is 0.000000258. The minimum absolute atomic E-state index is 0.236. The zero-order chi connectivity index (χ0) is 31.6. The molecule has 9 heteroatoms. The van der Waals surface area contributed by atoms with Gasteiger partial charge in [-0.25, -0.2) is 4.98 Å². The van der Waals surface area contributed by atoms with Crippen LogP contribution >= 0.6 is 22.7 Å². The number of likely N-dealkylation sites (tertiary alicyclic amines) is 1. The van der Waals surface area contributed by atoms with Crippen molar-refractivity contribution in [2.24, 2.45) is 0 Å². The summed E-state index contributed by atoms with van der Waals surface area (Å²) in [6.45, 7) is 7.03. The molecule has 44 heavy (non-hydrogen) atoms. The molecule has 1 fully saturated rings. The Morgan fingerprint density at radius 1 is 1.00 bits per heavy atom. The summed E-state index contributed by atoms with van der Waals surface area (Å²) in [5, 5.41) is 7.26. The van der Waals surface area contributed by atoms with Crippen LogP contribution in [-0.2, 0) is 14.3 Å². The van der Waals surface area contributed by atoms with Gasteiger partial charge in [-0.05, 0) is 43.1 Å². The number of carbonyl (C=O) groups excluding carboxylic acids is 2. The number of aromatic amines is 1. The topological polar surface area (TPSA) is 87.3 Å². The minimum atomic E-state index is 0.236. The first-order valence-corrected chi connectivity index (χ1v) is 16.4. The van der Waals surface area contributed by atoms with Gasteiger partial charge in [-0.1, -0.05) is 74.6 Å². The molecule has 3 aromatic heterocycles.